The second kappa shape index (κ2) is 6.38. The summed E-state index contributed by atoms with van der Waals surface area (Å²) >= 11 is 1.36. The predicted octanol–water partition coefficient (Wildman–Crippen LogP) is 3.26. The molecule has 0 unspecified atom stereocenters. The van der Waals surface area contributed by atoms with Crippen LogP contribution in [0.5, 0.6) is 0 Å². The molecule has 0 spiro atoms. The SMILES string of the molecule is CC(=O)SCCC=Cc1ccc(N)cc1C. The third-order valence-corrected chi connectivity index (χ3v) is 3.03. The summed E-state index contributed by atoms with van der Waals surface area (Å²) in [6.07, 6.45) is 5.08. The third-order valence-electron chi connectivity index (χ3n) is 2.18. The number of carbonyl (C=O) groups excluding carboxylic acids is 1. The molecule has 0 bridgehead atoms. The zero-order valence-corrected chi connectivity index (χ0v) is 10.5. The summed E-state index contributed by atoms with van der Waals surface area (Å²) < 4.78 is 0. The van der Waals surface area contributed by atoms with Gasteiger partial charge in [-0.25, -0.2) is 0 Å². The normalized spacial score (nSPS) is 10.9. The number of aryl methyl sites for hydroxylation is 1. The van der Waals surface area contributed by atoms with E-state index in [0.29, 0.717) is 0 Å². The maximum atomic E-state index is 10.7. The van der Waals surface area contributed by atoms with Crippen molar-refractivity contribution in [2.45, 2.75) is 20.3 Å². The minimum atomic E-state index is 0.178. The van der Waals surface area contributed by atoms with Crippen LogP contribution in [0.1, 0.15) is 24.5 Å². The number of carbonyl (C=O) groups is 1. The number of rotatable bonds is 4. The lowest BCUT2D eigenvalue weighted by molar-refractivity contribution is -0.109. The van der Waals surface area contributed by atoms with Crippen molar-refractivity contribution in [3.05, 3.63) is 35.4 Å². The van der Waals surface area contributed by atoms with E-state index in [1.807, 2.05) is 25.1 Å². The van der Waals surface area contributed by atoms with Gasteiger partial charge in [0.1, 0.15) is 0 Å². The molecule has 1 rings (SSSR count). The minimum absolute atomic E-state index is 0.178. The van der Waals surface area contributed by atoms with E-state index in [9.17, 15) is 4.79 Å². The molecule has 0 radical (unpaired) electrons. The van der Waals surface area contributed by atoms with Crippen LogP contribution in [-0.2, 0) is 4.79 Å². The smallest absolute Gasteiger partial charge is 0.185 e. The first kappa shape index (κ1) is 12.8. The van der Waals surface area contributed by atoms with Crippen molar-refractivity contribution in [3.63, 3.8) is 0 Å². The number of anilines is 1. The Bertz CT molecular complexity index is 399. The Morgan fingerprint density at radius 3 is 2.88 bits per heavy atom. The standard InChI is InChI=1S/C13H17NOS/c1-10-9-13(14)7-6-12(10)5-3-4-8-16-11(2)15/h3,5-7,9H,4,8,14H2,1-2H3. The summed E-state index contributed by atoms with van der Waals surface area (Å²) in [5, 5.41) is 0.178. The van der Waals surface area contributed by atoms with E-state index in [1.54, 1.807) is 6.92 Å². The fourth-order valence-corrected chi connectivity index (χ4v) is 1.91. The lowest BCUT2D eigenvalue weighted by atomic mass is 10.1. The Morgan fingerprint density at radius 1 is 1.50 bits per heavy atom. The van der Waals surface area contributed by atoms with Crippen LogP contribution >= 0.6 is 11.8 Å². The van der Waals surface area contributed by atoms with Crippen molar-refractivity contribution >= 4 is 28.6 Å². The van der Waals surface area contributed by atoms with Gasteiger partial charge in [0.05, 0.1) is 0 Å². The van der Waals surface area contributed by atoms with Crippen LogP contribution in [0.4, 0.5) is 5.69 Å². The number of thioether (sulfide) groups is 1. The molecule has 0 amide bonds. The molecule has 3 heteroatoms. The number of hydrogen-bond donors (Lipinski definition) is 1. The first-order valence-electron chi connectivity index (χ1n) is 5.25. The largest absolute Gasteiger partial charge is 0.399 e. The quantitative estimate of drug-likeness (QED) is 0.643. The number of benzene rings is 1. The monoisotopic (exact) mass is 235 g/mol. The molecule has 86 valence electrons. The summed E-state index contributed by atoms with van der Waals surface area (Å²) in [6.45, 7) is 3.64. The van der Waals surface area contributed by atoms with Gasteiger partial charge in [0.15, 0.2) is 5.12 Å². The number of hydrogen-bond acceptors (Lipinski definition) is 3. The fourth-order valence-electron chi connectivity index (χ4n) is 1.37. The maximum absolute atomic E-state index is 10.7. The minimum Gasteiger partial charge on any atom is -0.399 e. The zero-order chi connectivity index (χ0) is 12.0. The molecular weight excluding hydrogens is 218 g/mol. The van der Waals surface area contributed by atoms with Gasteiger partial charge in [0.2, 0.25) is 0 Å². The van der Waals surface area contributed by atoms with Crippen LogP contribution < -0.4 is 5.73 Å². The highest BCUT2D eigenvalue weighted by Crippen LogP contribution is 2.14. The maximum Gasteiger partial charge on any atom is 0.185 e. The van der Waals surface area contributed by atoms with Crippen molar-refractivity contribution < 1.29 is 4.79 Å². The molecule has 0 aromatic heterocycles. The van der Waals surface area contributed by atoms with E-state index < -0.39 is 0 Å². The van der Waals surface area contributed by atoms with Crippen LogP contribution in [-0.4, -0.2) is 10.9 Å². The van der Waals surface area contributed by atoms with Crippen LogP contribution in [0.2, 0.25) is 0 Å². The Labute approximate surface area is 101 Å². The van der Waals surface area contributed by atoms with Crippen LogP contribution in [0.3, 0.4) is 0 Å². The zero-order valence-electron chi connectivity index (χ0n) is 9.69. The van der Waals surface area contributed by atoms with Crippen molar-refractivity contribution in [1.29, 1.82) is 0 Å². The molecule has 0 heterocycles. The highest BCUT2D eigenvalue weighted by atomic mass is 32.2. The Kier molecular flexibility index (Phi) is 5.12. The Morgan fingerprint density at radius 2 is 2.25 bits per heavy atom. The fraction of sp³-hybridized carbons (Fsp3) is 0.308. The van der Waals surface area contributed by atoms with Gasteiger partial charge in [-0.05, 0) is 36.6 Å². The molecule has 1 aromatic rings. The Hall–Kier alpha value is -1.22. The molecule has 0 aliphatic rings. The van der Waals surface area contributed by atoms with Gasteiger partial charge in [-0.2, -0.15) is 0 Å². The summed E-state index contributed by atoms with van der Waals surface area (Å²) in [5.74, 6) is 0.847. The molecule has 0 saturated heterocycles. The van der Waals surface area contributed by atoms with Gasteiger partial charge in [-0.1, -0.05) is 30.0 Å². The molecule has 0 atom stereocenters. The summed E-state index contributed by atoms with van der Waals surface area (Å²) in [4.78, 5) is 10.7. The molecule has 1 aromatic carbocycles. The van der Waals surface area contributed by atoms with Crippen molar-refractivity contribution in [1.82, 2.24) is 0 Å². The molecule has 0 aliphatic heterocycles. The molecule has 0 saturated carbocycles. The molecule has 2 nitrogen and oxygen atoms in total. The van der Waals surface area contributed by atoms with Crippen molar-refractivity contribution in [3.8, 4) is 0 Å². The average Bonchev–Trinajstić information content (AvgIpc) is 2.20. The van der Waals surface area contributed by atoms with Gasteiger partial charge < -0.3 is 5.73 Å². The van der Waals surface area contributed by atoms with Crippen LogP contribution in [0, 0.1) is 6.92 Å². The molecular formula is C13H17NOS. The van der Waals surface area contributed by atoms with Gasteiger partial charge in [-0.3, -0.25) is 4.79 Å². The summed E-state index contributed by atoms with van der Waals surface area (Å²) in [5.41, 5.74) is 8.82. The number of nitrogens with two attached hydrogens (primary N) is 1. The van der Waals surface area contributed by atoms with Crippen molar-refractivity contribution in [2.24, 2.45) is 0 Å². The second-order valence-electron chi connectivity index (χ2n) is 3.65. The average molecular weight is 235 g/mol. The lowest BCUT2D eigenvalue weighted by Gasteiger charge is -2.01. The highest BCUT2D eigenvalue weighted by molar-refractivity contribution is 8.13. The molecule has 16 heavy (non-hydrogen) atoms. The third kappa shape index (κ3) is 4.53. The van der Waals surface area contributed by atoms with E-state index in [0.717, 1.165) is 17.9 Å². The second-order valence-corrected chi connectivity index (χ2v) is 4.92. The number of allylic oxidation sites excluding steroid dienone is 1. The first-order valence-corrected chi connectivity index (χ1v) is 6.24. The van der Waals surface area contributed by atoms with Gasteiger partial charge in [0.25, 0.3) is 0 Å². The lowest BCUT2D eigenvalue weighted by Crippen LogP contribution is -1.87. The van der Waals surface area contributed by atoms with E-state index in [-0.39, 0.29) is 5.12 Å². The van der Waals surface area contributed by atoms with E-state index >= 15 is 0 Å². The van der Waals surface area contributed by atoms with Crippen molar-refractivity contribution in [2.75, 3.05) is 11.5 Å². The molecule has 2 N–H and O–H groups in total. The van der Waals surface area contributed by atoms with E-state index in [1.165, 1.54) is 22.9 Å². The van der Waals surface area contributed by atoms with Gasteiger partial charge >= 0.3 is 0 Å². The van der Waals surface area contributed by atoms with Crippen LogP contribution in [0.25, 0.3) is 6.08 Å². The van der Waals surface area contributed by atoms with Gasteiger partial charge in [-0.15, -0.1) is 0 Å². The van der Waals surface area contributed by atoms with Gasteiger partial charge in [0, 0.05) is 18.4 Å². The van der Waals surface area contributed by atoms with E-state index in [4.69, 9.17) is 5.73 Å². The molecule has 0 aliphatic carbocycles. The summed E-state index contributed by atoms with van der Waals surface area (Å²) in [7, 11) is 0. The predicted molar refractivity (Wildman–Crippen MR) is 72.4 cm³/mol. The highest BCUT2D eigenvalue weighted by Gasteiger charge is 1.94. The van der Waals surface area contributed by atoms with Crippen LogP contribution in [0.15, 0.2) is 24.3 Å². The number of nitrogen functional groups attached to an aromatic ring is 1. The topological polar surface area (TPSA) is 43.1 Å². The van der Waals surface area contributed by atoms with E-state index in [2.05, 4.69) is 12.2 Å². The Balaban J connectivity index is 2.47. The molecule has 0 fully saturated rings. The first-order chi connectivity index (χ1) is 7.59. The summed E-state index contributed by atoms with van der Waals surface area (Å²) in [6, 6.07) is 5.88.